The highest BCUT2D eigenvalue weighted by atomic mass is 35.5. The molecule has 0 unspecified atom stereocenters. The fourth-order valence-corrected chi connectivity index (χ4v) is 3.41. The first-order valence-electron chi connectivity index (χ1n) is 6.11. The number of rotatable bonds is 0. The largest absolute Gasteiger partial charge is 0.508 e. The molecule has 3 rings (SSSR count). The minimum absolute atomic E-state index is 0. The summed E-state index contributed by atoms with van der Waals surface area (Å²) in [6.07, 6.45) is 3.58. The molecule has 2 nitrogen and oxygen atoms in total. The first-order valence-corrected chi connectivity index (χ1v) is 6.11. The number of likely N-dealkylation sites (tertiary alicyclic amines) is 1. The van der Waals surface area contributed by atoms with Crippen LogP contribution in [0, 0.1) is 0 Å². The van der Waals surface area contributed by atoms with Gasteiger partial charge in [-0.2, -0.15) is 0 Å². The van der Waals surface area contributed by atoms with E-state index in [2.05, 4.69) is 24.9 Å². The molecule has 2 aliphatic rings. The van der Waals surface area contributed by atoms with Crippen molar-refractivity contribution in [2.75, 3.05) is 13.6 Å². The van der Waals surface area contributed by atoms with Gasteiger partial charge in [0.15, 0.2) is 0 Å². The van der Waals surface area contributed by atoms with Crippen LogP contribution in [0.15, 0.2) is 18.2 Å². The maximum absolute atomic E-state index is 9.64. The Balaban J connectivity index is 0.00000108. The molecule has 1 heterocycles. The molecule has 1 aromatic rings. The van der Waals surface area contributed by atoms with Crippen molar-refractivity contribution >= 4 is 12.4 Å². The van der Waals surface area contributed by atoms with Crippen molar-refractivity contribution in [1.82, 2.24) is 4.90 Å². The van der Waals surface area contributed by atoms with Crippen LogP contribution < -0.4 is 0 Å². The molecule has 0 aromatic heterocycles. The average molecular weight is 254 g/mol. The second kappa shape index (κ2) is 4.18. The van der Waals surface area contributed by atoms with Gasteiger partial charge in [-0.3, -0.25) is 0 Å². The number of likely N-dealkylation sites (N-methyl/N-ethyl adjacent to an activating group) is 1. The molecule has 1 aliphatic heterocycles. The Morgan fingerprint density at radius 3 is 2.94 bits per heavy atom. The number of nitrogens with zero attached hydrogens (tertiary/aromatic N) is 1. The number of phenols is 1. The predicted molar refractivity (Wildman–Crippen MR) is 72.1 cm³/mol. The van der Waals surface area contributed by atoms with Gasteiger partial charge < -0.3 is 10.0 Å². The zero-order valence-electron chi connectivity index (χ0n) is 10.4. The highest BCUT2D eigenvalue weighted by molar-refractivity contribution is 5.85. The van der Waals surface area contributed by atoms with Crippen molar-refractivity contribution in [3.63, 3.8) is 0 Å². The Kier molecular flexibility index (Phi) is 3.13. The zero-order chi connectivity index (χ0) is 11.3. The minimum atomic E-state index is 0. The fourth-order valence-electron chi connectivity index (χ4n) is 3.41. The van der Waals surface area contributed by atoms with Gasteiger partial charge in [0.05, 0.1) is 0 Å². The molecule has 1 aliphatic carbocycles. The van der Waals surface area contributed by atoms with Gasteiger partial charge in [0.25, 0.3) is 0 Å². The molecule has 17 heavy (non-hydrogen) atoms. The number of piperidine rings is 1. The number of phenolic OH excluding ortho intramolecular Hbond substituents is 1. The monoisotopic (exact) mass is 253 g/mol. The maximum Gasteiger partial charge on any atom is 0.115 e. The third-order valence-electron chi connectivity index (χ3n) is 4.53. The van der Waals surface area contributed by atoms with Gasteiger partial charge in [-0.15, -0.1) is 12.4 Å². The Morgan fingerprint density at radius 1 is 1.41 bits per heavy atom. The lowest BCUT2D eigenvalue weighted by atomic mass is 9.65. The Morgan fingerprint density at radius 2 is 2.18 bits per heavy atom. The Hall–Kier alpha value is -0.730. The number of fused-ring (bicyclic) bond motifs is 4. The summed E-state index contributed by atoms with van der Waals surface area (Å²) in [5, 5.41) is 9.64. The van der Waals surface area contributed by atoms with Gasteiger partial charge in [-0.1, -0.05) is 13.0 Å². The van der Waals surface area contributed by atoms with Gasteiger partial charge in [0.1, 0.15) is 5.75 Å². The lowest BCUT2D eigenvalue weighted by molar-refractivity contribution is 0.113. The summed E-state index contributed by atoms with van der Waals surface area (Å²) in [4.78, 5) is 2.48. The summed E-state index contributed by atoms with van der Waals surface area (Å²) in [6.45, 7) is 3.53. The normalized spacial score (nSPS) is 31.5. The molecular formula is C14H20ClNO. The average Bonchev–Trinajstić information content (AvgIpc) is 2.26. The van der Waals surface area contributed by atoms with Gasteiger partial charge in [-0.25, -0.2) is 0 Å². The summed E-state index contributed by atoms with van der Waals surface area (Å²) in [5.74, 6) is 0.414. The van der Waals surface area contributed by atoms with Crippen LogP contribution in [-0.4, -0.2) is 29.6 Å². The van der Waals surface area contributed by atoms with Crippen LogP contribution in [0.4, 0.5) is 0 Å². The summed E-state index contributed by atoms with van der Waals surface area (Å²) < 4.78 is 0. The van der Waals surface area contributed by atoms with E-state index in [1.165, 1.54) is 30.5 Å². The first kappa shape index (κ1) is 12.7. The predicted octanol–water partition coefficient (Wildman–Crippen LogP) is 2.72. The van der Waals surface area contributed by atoms with Crippen molar-refractivity contribution in [2.45, 2.75) is 37.6 Å². The van der Waals surface area contributed by atoms with E-state index >= 15 is 0 Å². The molecule has 2 atom stereocenters. The number of aromatic hydroxyl groups is 1. The summed E-state index contributed by atoms with van der Waals surface area (Å²) in [5.41, 5.74) is 3.10. The van der Waals surface area contributed by atoms with Crippen LogP contribution in [-0.2, 0) is 11.8 Å². The van der Waals surface area contributed by atoms with E-state index in [0.29, 0.717) is 11.8 Å². The van der Waals surface area contributed by atoms with E-state index in [0.717, 1.165) is 6.42 Å². The maximum atomic E-state index is 9.64. The lowest BCUT2D eigenvalue weighted by Crippen LogP contribution is -2.50. The van der Waals surface area contributed by atoms with E-state index in [-0.39, 0.29) is 17.8 Å². The standard InChI is InChI=1S/C14H19NO.ClH/c1-14-5-6-15(2)11(9-14)7-10-3-4-12(16)8-13(10)14;/h3-4,8,11,16H,5-7,9H2,1-2H3;1H/t11-,14-;/m0./s1. The molecular weight excluding hydrogens is 234 g/mol. The van der Waals surface area contributed by atoms with E-state index < -0.39 is 0 Å². The number of benzene rings is 1. The fraction of sp³-hybridized carbons (Fsp3) is 0.571. The quantitative estimate of drug-likeness (QED) is 0.769. The van der Waals surface area contributed by atoms with E-state index in [9.17, 15) is 5.11 Å². The molecule has 3 heteroatoms. The molecule has 0 spiro atoms. The van der Waals surface area contributed by atoms with Crippen molar-refractivity contribution < 1.29 is 5.11 Å². The molecule has 1 fully saturated rings. The highest BCUT2D eigenvalue weighted by Crippen LogP contribution is 2.45. The third kappa shape index (κ3) is 1.94. The molecule has 1 aromatic carbocycles. The Labute approximate surface area is 109 Å². The second-order valence-electron chi connectivity index (χ2n) is 5.69. The topological polar surface area (TPSA) is 23.5 Å². The second-order valence-corrected chi connectivity index (χ2v) is 5.69. The number of hydrogen-bond acceptors (Lipinski definition) is 2. The lowest BCUT2D eigenvalue weighted by Gasteiger charge is -2.48. The first-order chi connectivity index (χ1) is 7.58. The van der Waals surface area contributed by atoms with Crippen molar-refractivity contribution in [1.29, 1.82) is 0 Å². The van der Waals surface area contributed by atoms with Crippen LogP contribution in [0.5, 0.6) is 5.75 Å². The molecule has 1 N–H and O–H groups in total. The Bertz CT molecular complexity index is 434. The van der Waals surface area contributed by atoms with Gasteiger partial charge >= 0.3 is 0 Å². The summed E-state index contributed by atoms with van der Waals surface area (Å²) in [6, 6.07) is 6.60. The number of hydrogen-bond donors (Lipinski definition) is 1. The molecule has 94 valence electrons. The van der Waals surface area contributed by atoms with Crippen LogP contribution in [0.1, 0.15) is 30.9 Å². The number of halogens is 1. The highest BCUT2D eigenvalue weighted by Gasteiger charge is 2.41. The third-order valence-corrected chi connectivity index (χ3v) is 4.53. The van der Waals surface area contributed by atoms with Gasteiger partial charge in [0, 0.05) is 6.04 Å². The van der Waals surface area contributed by atoms with Crippen LogP contribution in [0.25, 0.3) is 0 Å². The van der Waals surface area contributed by atoms with Crippen LogP contribution in [0.3, 0.4) is 0 Å². The molecule has 2 bridgehead atoms. The summed E-state index contributed by atoms with van der Waals surface area (Å²) in [7, 11) is 2.23. The van der Waals surface area contributed by atoms with E-state index in [1.54, 1.807) is 0 Å². The smallest absolute Gasteiger partial charge is 0.115 e. The van der Waals surface area contributed by atoms with E-state index in [4.69, 9.17) is 0 Å². The molecule has 0 amide bonds. The van der Waals surface area contributed by atoms with Crippen molar-refractivity contribution in [3.8, 4) is 5.75 Å². The molecule has 1 saturated heterocycles. The van der Waals surface area contributed by atoms with E-state index in [1.807, 2.05) is 12.1 Å². The van der Waals surface area contributed by atoms with Crippen molar-refractivity contribution in [3.05, 3.63) is 29.3 Å². The van der Waals surface area contributed by atoms with Crippen molar-refractivity contribution in [2.24, 2.45) is 0 Å². The van der Waals surface area contributed by atoms with Crippen LogP contribution in [0.2, 0.25) is 0 Å². The molecule has 0 saturated carbocycles. The molecule has 0 radical (unpaired) electrons. The summed E-state index contributed by atoms with van der Waals surface area (Å²) >= 11 is 0. The van der Waals surface area contributed by atoms with Gasteiger partial charge in [0.2, 0.25) is 0 Å². The van der Waals surface area contributed by atoms with Gasteiger partial charge in [-0.05, 0) is 61.5 Å². The SMILES string of the molecule is CN1CC[C@@]2(C)C[C@@H]1Cc1ccc(O)cc12.Cl. The zero-order valence-corrected chi connectivity index (χ0v) is 11.3. The minimum Gasteiger partial charge on any atom is -0.508 e. The van der Waals surface area contributed by atoms with Crippen LogP contribution >= 0.6 is 12.4 Å².